The van der Waals surface area contributed by atoms with Gasteiger partial charge in [0.2, 0.25) is 0 Å². The Bertz CT molecular complexity index is 488. The molecule has 2 rings (SSSR count). The van der Waals surface area contributed by atoms with Crippen molar-refractivity contribution in [2.45, 2.75) is 20.4 Å². The molecule has 4 heteroatoms. The number of rotatable bonds is 3. The van der Waals surface area contributed by atoms with E-state index in [2.05, 4.69) is 21.4 Å². The van der Waals surface area contributed by atoms with Crippen LogP contribution in [0, 0.1) is 13.8 Å². The van der Waals surface area contributed by atoms with Crippen molar-refractivity contribution in [3.8, 4) is 5.82 Å². The first-order chi connectivity index (χ1) is 7.72. The van der Waals surface area contributed by atoms with Gasteiger partial charge in [0, 0.05) is 24.6 Å². The lowest BCUT2D eigenvalue weighted by molar-refractivity contribution is 0.799. The highest BCUT2D eigenvalue weighted by atomic mass is 15.1. The highest BCUT2D eigenvalue weighted by molar-refractivity contribution is 5.31. The van der Waals surface area contributed by atoms with Crippen molar-refractivity contribution in [3.63, 3.8) is 0 Å². The van der Waals surface area contributed by atoms with Crippen molar-refractivity contribution in [1.29, 1.82) is 0 Å². The Balaban J connectivity index is 2.38. The fraction of sp³-hybridized carbons (Fsp3) is 0.333. The van der Waals surface area contributed by atoms with E-state index >= 15 is 0 Å². The zero-order valence-corrected chi connectivity index (χ0v) is 9.86. The van der Waals surface area contributed by atoms with Crippen molar-refractivity contribution in [1.82, 2.24) is 19.9 Å². The van der Waals surface area contributed by atoms with Crippen LogP contribution in [0.3, 0.4) is 0 Å². The Kier molecular flexibility index (Phi) is 3.01. The third-order valence-electron chi connectivity index (χ3n) is 2.62. The number of hydrogen-bond donors (Lipinski definition) is 1. The van der Waals surface area contributed by atoms with Gasteiger partial charge in [-0.05, 0) is 32.5 Å². The molecule has 0 aliphatic heterocycles. The van der Waals surface area contributed by atoms with Gasteiger partial charge in [-0.1, -0.05) is 6.07 Å². The topological polar surface area (TPSA) is 42.7 Å². The predicted molar refractivity (Wildman–Crippen MR) is 63.6 cm³/mol. The highest BCUT2D eigenvalue weighted by Crippen LogP contribution is 2.11. The van der Waals surface area contributed by atoms with Gasteiger partial charge in [-0.3, -0.25) is 4.57 Å². The van der Waals surface area contributed by atoms with Crippen molar-refractivity contribution in [2.75, 3.05) is 7.05 Å². The van der Waals surface area contributed by atoms with E-state index < -0.39 is 0 Å². The summed E-state index contributed by atoms with van der Waals surface area (Å²) in [6.07, 6.45) is 3.71. The van der Waals surface area contributed by atoms with Gasteiger partial charge in [-0.2, -0.15) is 0 Å². The maximum absolute atomic E-state index is 4.58. The Labute approximate surface area is 95.4 Å². The molecule has 2 aromatic rings. The molecule has 0 radical (unpaired) electrons. The molecule has 0 spiro atoms. The molecule has 4 nitrogen and oxygen atoms in total. The normalized spacial score (nSPS) is 10.7. The molecule has 0 aliphatic rings. The van der Waals surface area contributed by atoms with Crippen LogP contribution in [-0.4, -0.2) is 21.6 Å². The van der Waals surface area contributed by atoms with Gasteiger partial charge in [0.25, 0.3) is 0 Å². The smallest absolute Gasteiger partial charge is 0.138 e. The number of hydrogen-bond acceptors (Lipinski definition) is 3. The molecule has 0 unspecified atom stereocenters. The summed E-state index contributed by atoms with van der Waals surface area (Å²) in [4.78, 5) is 8.77. The summed E-state index contributed by atoms with van der Waals surface area (Å²) >= 11 is 0. The molecule has 0 saturated carbocycles. The number of imidazole rings is 1. The average Bonchev–Trinajstić information content (AvgIpc) is 2.68. The molecule has 2 heterocycles. The van der Waals surface area contributed by atoms with Crippen LogP contribution < -0.4 is 5.32 Å². The second-order valence-electron chi connectivity index (χ2n) is 3.79. The van der Waals surface area contributed by atoms with E-state index in [1.54, 1.807) is 6.20 Å². The van der Waals surface area contributed by atoms with E-state index in [1.807, 2.05) is 37.7 Å². The van der Waals surface area contributed by atoms with Crippen LogP contribution in [0.1, 0.15) is 17.1 Å². The zero-order valence-electron chi connectivity index (χ0n) is 9.86. The summed E-state index contributed by atoms with van der Waals surface area (Å²) in [5.41, 5.74) is 2.28. The molecule has 0 atom stereocenters. The van der Waals surface area contributed by atoms with Crippen molar-refractivity contribution in [3.05, 3.63) is 41.6 Å². The van der Waals surface area contributed by atoms with Crippen LogP contribution in [0.15, 0.2) is 24.5 Å². The minimum absolute atomic E-state index is 0.849. The minimum Gasteiger partial charge on any atom is -0.316 e. The van der Waals surface area contributed by atoms with E-state index in [0.717, 1.165) is 23.9 Å². The van der Waals surface area contributed by atoms with E-state index in [-0.39, 0.29) is 0 Å². The Hall–Kier alpha value is -1.68. The lowest BCUT2D eigenvalue weighted by Gasteiger charge is -2.08. The maximum Gasteiger partial charge on any atom is 0.138 e. The number of nitrogens with one attached hydrogen (secondary N) is 1. The lowest BCUT2D eigenvalue weighted by atomic mass is 10.2. The average molecular weight is 216 g/mol. The van der Waals surface area contributed by atoms with Crippen LogP contribution in [0.4, 0.5) is 0 Å². The summed E-state index contributed by atoms with van der Waals surface area (Å²) in [5.74, 6) is 1.88. The summed E-state index contributed by atoms with van der Waals surface area (Å²) in [6.45, 7) is 4.85. The summed E-state index contributed by atoms with van der Waals surface area (Å²) < 4.78 is 1.98. The Morgan fingerprint density at radius 1 is 1.31 bits per heavy atom. The zero-order chi connectivity index (χ0) is 11.5. The van der Waals surface area contributed by atoms with Crippen LogP contribution in [0.5, 0.6) is 0 Å². The monoisotopic (exact) mass is 216 g/mol. The Morgan fingerprint density at radius 2 is 2.12 bits per heavy atom. The van der Waals surface area contributed by atoms with Crippen molar-refractivity contribution >= 4 is 0 Å². The van der Waals surface area contributed by atoms with Gasteiger partial charge in [0.05, 0.1) is 0 Å². The lowest BCUT2D eigenvalue weighted by Crippen LogP contribution is -2.09. The van der Waals surface area contributed by atoms with Crippen LogP contribution in [0.25, 0.3) is 5.82 Å². The van der Waals surface area contributed by atoms with Gasteiger partial charge in [0.1, 0.15) is 11.6 Å². The molecule has 84 valence electrons. The molecule has 2 aromatic heterocycles. The minimum atomic E-state index is 0.849. The van der Waals surface area contributed by atoms with E-state index in [0.29, 0.717) is 0 Å². The Morgan fingerprint density at radius 3 is 2.69 bits per heavy atom. The second kappa shape index (κ2) is 4.45. The predicted octanol–water partition coefficient (Wildman–Crippen LogP) is 1.60. The summed E-state index contributed by atoms with van der Waals surface area (Å²) in [7, 11) is 1.94. The number of nitrogens with zero attached hydrogens (tertiary/aromatic N) is 3. The fourth-order valence-corrected chi connectivity index (χ4v) is 1.71. The molecule has 16 heavy (non-hydrogen) atoms. The van der Waals surface area contributed by atoms with Gasteiger partial charge in [-0.15, -0.1) is 0 Å². The number of aryl methyl sites for hydroxylation is 2. The first kappa shape index (κ1) is 10.8. The van der Waals surface area contributed by atoms with Crippen LogP contribution in [0.2, 0.25) is 0 Å². The van der Waals surface area contributed by atoms with E-state index in [9.17, 15) is 0 Å². The molecule has 0 aliphatic carbocycles. The molecular weight excluding hydrogens is 200 g/mol. The molecule has 0 aromatic carbocycles. The molecule has 0 fully saturated rings. The maximum atomic E-state index is 4.58. The summed E-state index contributed by atoms with van der Waals surface area (Å²) in [6, 6.07) is 4.13. The van der Waals surface area contributed by atoms with Gasteiger partial charge in [-0.25, -0.2) is 9.97 Å². The van der Waals surface area contributed by atoms with E-state index in [1.165, 1.54) is 5.56 Å². The third kappa shape index (κ3) is 1.97. The first-order valence-corrected chi connectivity index (χ1v) is 5.34. The molecule has 0 amide bonds. The standard InChI is InChI=1S/C12H16N4/c1-9-11(8-13-3)4-5-12(15-9)16-7-6-14-10(16)2/h4-7,13H,8H2,1-3H3. The number of pyridine rings is 1. The quantitative estimate of drug-likeness (QED) is 0.847. The fourth-order valence-electron chi connectivity index (χ4n) is 1.71. The molecular formula is C12H16N4. The largest absolute Gasteiger partial charge is 0.316 e. The van der Waals surface area contributed by atoms with Crippen molar-refractivity contribution < 1.29 is 0 Å². The SMILES string of the molecule is CNCc1ccc(-n2ccnc2C)nc1C. The third-order valence-corrected chi connectivity index (χ3v) is 2.62. The van der Waals surface area contributed by atoms with E-state index in [4.69, 9.17) is 0 Å². The number of aromatic nitrogens is 3. The first-order valence-electron chi connectivity index (χ1n) is 5.34. The van der Waals surface area contributed by atoms with Crippen molar-refractivity contribution in [2.24, 2.45) is 0 Å². The summed E-state index contributed by atoms with van der Waals surface area (Å²) in [5, 5.41) is 3.13. The van der Waals surface area contributed by atoms with Gasteiger partial charge >= 0.3 is 0 Å². The molecule has 0 bridgehead atoms. The highest BCUT2D eigenvalue weighted by Gasteiger charge is 2.04. The van der Waals surface area contributed by atoms with Crippen LogP contribution in [-0.2, 0) is 6.54 Å². The second-order valence-corrected chi connectivity index (χ2v) is 3.79. The molecule has 1 N–H and O–H groups in total. The van der Waals surface area contributed by atoms with Crippen LogP contribution >= 0.6 is 0 Å². The molecule has 0 saturated heterocycles. The van der Waals surface area contributed by atoms with Gasteiger partial charge in [0.15, 0.2) is 0 Å². The van der Waals surface area contributed by atoms with Gasteiger partial charge < -0.3 is 5.32 Å².